The lowest BCUT2D eigenvalue weighted by Gasteiger charge is -2.14. The summed E-state index contributed by atoms with van der Waals surface area (Å²) >= 11 is 3.32. The summed E-state index contributed by atoms with van der Waals surface area (Å²) in [5.41, 5.74) is 3.70. The summed E-state index contributed by atoms with van der Waals surface area (Å²) in [6.07, 6.45) is 1.36. The lowest BCUT2D eigenvalue weighted by molar-refractivity contribution is -0.117. The van der Waals surface area contributed by atoms with E-state index in [0.717, 1.165) is 4.47 Å². The number of amides is 2. The van der Waals surface area contributed by atoms with Crippen molar-refractivity contribution in [1.29, 1.82) is 0 Å². The Balaban J connectivity index is 1.61. The molecule has 7 nitrogen and oxygen atoms in total. The first-order valence-electron chi connectivity index (χ1n) is 8.48. The number of hydrogen-bond donors (Lipinski definition) is 2. The molecule has 0 radical (unpaired) electrons. The SMILES string of the molecule is O=C1NN(c2ccc(Br)cc2)C(=O)/C1=C/c1ccc(-c2cccc(C(=O)O)c2)o1. The highest BCUT2D eigenvalue weighted by Gasteiger charge is 2.34. The van der Waals surface area contributed by atoms with Crippen LogP contribution in [0.4, 0.5) is 5.69 Å². The van der Waals surface area contributed by atoms with Gasteiger partial charge in [0.25, 0.3) is 11.8 Å². The standard InChI is InChI=1S/C21H13BrN2O5/c22-14-4-6-15(7-5-14)24-20(26)17(19(25)23-24)11-16-8-9-18(29-16)12-2-1-3-13(10-12)21(27)28/h1-11H,(H,23,25)(H,27,28)/b17-11+. The summed E-state index contributed by atoms with van der Waals surface area (Å²) in [5, 5.41) is 10.3. The summed E-state index contributed by atoms with van der Waals surface area (Å²) in [4.78, 5) is 36.1. The van der Waals surface area contributed by atoms with Crippen LogP contribution in [-0.4, -0.2) is 22.9 Å². The number of hydrogen-bond acceptors (Lipinski definition) is 4. The summed E-state index contributed by atoms with van der Waals surface area (Å²) in [6.45, 7) is 0. The maximum Gasteiger partial charge on any atom is 0.335 e. The number of nitrogens with zero attached hydrogens (tertiary/aromatic N) is 1. The quantitative estimate of drug-likeness (QED) is 0.462. The van der Waals surface area contributed by atoms with Crippen LogP contribution in [0.25, 0.3) is 17.4 Å². The molecule has 0 bridgehead atoms. The first-order valence-corrected chi connectivity index (χ1v) is 9.28. The molecule has 0 atom stereocenters. The van der Waals surface area contributed by atoms with E-state index in [2.05, 4.69) is 21.4 Å². The second-order valence-corrected chi connectivity index (χ2v) is 7.12. The molecule has 0 spiro atoms. The molecule has 2 aromatic carbocycles. The predicted octanol–water partition coefficient (Wildman–Crippen LogP) is 3.87. The number of halogens is 1. The van der Waals surface area contributed by atoms with E-state index in [1.807, 2.05) is 0 Å². The van der Waals surface area contributed by atoms with Gasteiger partial charge in [0.1, 0.15) is 17.1 Å². The molecule has 2 N–H and O–H groups in total. The monoisotopic (exact) mass is 452 g/mol. The zero-order chi connectivity index (χ0) is 20.5. The number of aromatic carboxylic acids is 1. The molecule has 29 heavy (non-hydrogen) atoms. The summed E-state index contributed by atoms with van der Waals surface area (Å²) in [5.74, 6) is -1.35. The van der Waals surface area contributed by atoms with Crippen molar-refractivity contribution < 1.29 is 23.9 Å². The fourth-order valence-electron chi connectivity index (χ4n) is 2.86. The van der Waals surface area contributed by atoms with Crippen LogP contribution in [-0.2, 0) is 9.59 Å². The maximum absolute atomic E-state index is 12.7. The Labute approximate surface area is 173 Å². The Bertz CT molecular complexity index is 1160. The molecular formula is C21H13BrN2O5. The van der Waals surface area contributed by atoms with Gasteiger partial charge in [0, 0.05) is 10.0 Å². The molecule has 1 fully saturated rings. The normalized spacial score (nSPS) is 15.1. The zero-order valence-corrected chi connectivity index (χ0v) is 16.3. The maximum atomic E-state index is 12.7. The molecule has 1 aliphatic rings. The Morgan fingerprint density at radius 3 is 2.55 bits per heavy atom. The second-order valence-electron chi connectivity index (χ2n) is 6.20. The molecule has 2 heterocycles. The topological polar surface area (TPSA) is 99.9 Å². The number of carbonyl (C=O) groups is 3. The van der Waals surface area contributed by atoms with Crippen LogP contribution in [0, 0.1) is 0 Å². The Kier molecular flexibility index (Phi) is 4.77. The first-order chi connectivity index (χ1) is 13.9. The van der Waals surface area contributed by atoms with Crippen molar-refractivity contribution in [3.05, 3.63) is 82.0 Å². The van der Waals surface area contributed by atoms with Crippen LogP contribution in [0.1, 0.15) is 16.1 Å². The van der Waals surface area contributed by atoms with Gasteiger partial charge in [-0.1, -0.05) is 28.1 Å². The van der Waals surface area contributed by atoms with E-state index in [1.54, 1.807) is 48.5 Å². The van der Waals surface area contributed by atoms with Crippen molar-refractivity contribution in [1.82, 2.24) is 5.43 Å². The van der Waals surface area contributed by atoms with Crippen LogP contribution in [0.5, 0.6) is 0 Å². The molecule has 0 unspecified atom stereocenters. The minimum atomic E-state index is -1.04. The molecule has 1 aliphatic heterocycles. The Hall–Kier alpha value is -3.65. The van der Waals surface area contributed by atoms with Crippen LogP contribution >= 0.6 is 15.9 Å². The van der Waals surface area contributed by atoms with E-state index in [9.17, 15) is 14.4 Å². The van der Waals surface area contributed by atoms with E-state index < -0.39 is 17.8 Å². The highest BCUT2D eigenvalue weighted by atomic mass is 79.9. The number of nitrogens with one attached hydrogen (secondary N) is 1. The van der Waals surface area contributed by atoms with Crippen molar-refractivity contribution in [3.8, 4) is 11.3 Å². The van der Waals surface area contributed by atoms with E-state index >= 15 is 0 Å². The van der Waals surface area contributed by atoms with Gasteiger partial charge in [-0.25, -0.2) is 9.80 Å². The van der Waals surface area contributed by atoms with E-state index in [0.29, 0.717) is 22.8 Å². The second kappa shape index (κ2) is 7.40. The van der Waals surface area contributed by atoms with E-state index in [-0.39, 0.29) is 11.1 Å². The van der Waals surface area contributed by atoms with Gasteiger partial charge in [-0.05, 0) is 54.6 Å². The van der Waals surface area contributed by atoms with E-state index in [4.69, 9.17) is 9.52 Å². The number of benzene rings is 2. The van der Waals surface area contributed by atoms with Gasteiger partial charge in [-0.2, -0.15) is 0 Å². The fraction of sp³-hybridized carbons (Fsp3) is 0. The van der Waals surface area contributed by atoms with Crippen molar-refractivity contribution >= 4 is 45.5 Å². The fourth-order valence-corrected chi connectivity index (χ4v) is 3.13. The number of rotatable bonds is 4. The summed E-state index contributed by atoms with van der Waals surface area (Å²) in [6, 6.07) is 16.5. The number of hydrazine groups is 1. The van der Waals surface area contributed by atoms with Crippen molar-refractivity contribution in [2.75, 3.05) is 5.01 Å². The third-order valence-electron chi connectivity index (χ3n) is 4.28. The van der Waals surface area contributed by atoms with Gasteiger partial charge in [0.05, 0.1) is 11.3 Å². The molecule has 4 rings (SSSR count). The molecule has 0 aliphatic carbocycles. The molecule has 3 aromatic rings. The molecule has 2 amide bonds. The zero-order valence-electron chi connectivity index (χ0n) is 14.8. The molecule has 8 heteroatoms. The first kappa shape index (κ1) is 18.7. The van der Waals surface area contributed by atoms with Crippen molar-refractivity contribution in [2.24, 2.45) is 0 Å². The lowest BCUT2D eigenvalue weighted by atomic mass is 10.1. The highest BCUT2D eigenvalue weighted by molar-refractivity contribution is 9.10. The van der Waals surface area contributed by atoms with Crippen LogP contribution in [0.15, 0.2) is 75.1 Å². The molecule has 1 saturated heterocycles. The smallest absolute Gasteiger partial charge is 0.335 e. The third-order valence-corrected chi connectivity index (χ3v) is 4.81. The average Bonchev–Trinajstić information content (AvgIpc) is 3.29. The number of furan rings is 1. The number of carboxylic acid groups (broad SMARTS) is 1. The van der Waals surface area contributed by atoms with E-state index in [1.165, 1.54) is 23.2 Å². The van der Waals surface area contributed by atoms with Crippen molar-refractivity contribution in [2.45, 2.75) is 0 Å². The van der Waals surface area contributed by atoms with Gasteiger partial charge >= 0.3 is 5.97 Å². The van der Waals surface area contributed by atoms with Crippen molar-refractivity contribution in [3.63, 3.8) is 0 Å². The largest absolute Gasteiger partial charge is 0.478 e. The van der Waals surface area contributed by atoms with Gasteiger partial charge in [0.15, 0.2) is 0 Å². The Morgan fingerprint density at radius 2 is 1.83 bits per heavy atom. The molecule has 0 saturated carbocycles. The van der Waals surface area contributed by atoms with Crippen LogP contribution in [0.3, 0.4) is 0 Å². The summed E-state index contributed by atoms with van der Waals surface area (Å²) in [7, 11) is 0. The summed E-state index contributed by atoms with van der Waals surface area (Å²) < 4.78 is 6.55. The predicted molar refractivity (Wildman–Crippen MR) is 109 cm³/mol. The molecular weight excluding hydrogens is 440 g/mol. The number of carbonyl (C=O) groups excluding carboxylic acids is 2. The van der Waals surface area contributed by atoms with Gasteiger partial charge in [-0.15, -0.1) is 0 Å². The number of anilines is 1. The number of carboxylic acids is 1. The lowest BCUT2D eigenvalue weighted by Crippen LogP contribution is -2.35. The van der Waals surface area contributed by atoms with Crippen LogP contribution < -0.4 is 10.4 Å². The Morgan fingerprint density at radius 1 is 1.07 bits per heavy atom. The van der Waals surface area contributed by atoms with Gasteiger partial charge in [-0.3, -0.25) is 15.0 Å². The highest BCUT2D eigenvalue weighted by Crippen LogP contribution is 2.27. The minimum absolute atomic E-state index is 0.0619. The van der Waals surface area contributed by atoms with Crippen LogP contribution in [0.2, 0.25) is 0 Å². The minimum Gasteiger partial charge on any atom is -0.478 e. The van der Waals surface area contributed by atoms with Gasteiger partial charge in [0.2, 0.25) is 0 Å². The molecule has 144 valence electrons. The van der Waals surface area contributed by atoms with Gasteiger partial charge < -0.3 is 9.52 Å². The average molecular weight is 453 g/mol. The molecule has 1 aromatic heterocycles. The third kappa shape index (κ3) is 3.70.